The molecular weight excluding hydrogens is 496 g/mol. The second-order valence-electron chi connectivity index (χ2n) is 11.7. The largest absolute Gasteiger partial charge is 0.481 e. The van der Waals surface area contributed by atoms with Crippen LogP contribution in [0.25, 0.3) is 0 Å². The van der Waals surface area contributed by atoms with Crippen LogP contribution in [-0.4, -0.2) is 43.9 Å². The summed E-state index contributed by atoms with van der Waals surface area (Å²) in [5.41, 5.74) is -4.86. The van der Waals surface area contributed by atoms with Gasteiger partial charge in [0.05, 0.1) is 6.42 Å². The summed E-state index contributed by atoms with van der Waals surface area (Å²) in [5.74, 6) is -4.69. The number of carbonyl (C=O) groups is 3. The van der Waals surface area contributed by atoms with Crippen LogP contribution in [0.2, 0.25) is 0 Å². The van der Waals surface area contributed by atoms with Gasteiger partial charge in [-0.15, -0.1) is 0 Å². The Kier molecular flexibility index (Phi) is 22.1. The average molecular weight is 557 g/mol. The molecule has 0 spiro atoms. The summed E-state index contributed by atoms with van der Waals surface area (Å²) in [7, 11) is 0. The third-order valence-corrected chi connectivity index (χ3v) is 8.38. The maximum atomic E-state index is 12.5. The molecule has 2 atom stereocenters. The third-order valence-electron chi connectivity index (χ3n) is 8.38. The van der Waals surface area contributed by atoms with Gasteiger partial charge in [0.25, 0.3) is 0 Å². The lowest BCUT2D eigenvalue weighted by Gasteiger charge is -2.41. The molecule has 0 radical (unpaired) electrons. The molecule has 0 aromatic rings. The van der Waals surface area contributed by atoms with Crippen LogP contribution in [-0.2, 0) is 14.4 Å². The van der Waals surface area contributed by atoms with Gasteiger partial charge in [-0.1, -0.05) is 155 Å². The predicted octanol–water partition coefficient (Wildman–Crippen LogP) is 8.75. The van der Waals surface area contributed by atoms with E-state index in [1.54, 1.807) is 0 Å². The number of carboxylic acids is 3. The molecule has 0 aliphatic carbocycles. The normalized spacial score (nSPS) is 14.5. The second-order valence-corrected chi connectivity index (χ2v) is 11.7. The van der Waals surface area contributed by atoms with Gasteiger partial charge in [0, 0.05) is 0 Å². The van der Waals surface area contributed by atoms with Crippen LogP contribution in [0.15, 0.2) is 0 Å². The van der Waals surface area contributed by atoms with Gasteiger partial charge in [-0.3, -0.25) is 9.59 Å². The summed E-state index contributed by atoms with van der Waals surface area (Å²) in [6, 6.07) is 0. The van der Waals surface area contributed by atoms with Crippen molar-refractivity contribution < 1.29 is 34.8 Å². The number of hydrogen-bond donors (Lipinski definition) is 4. The van der Waals surface area contributed by atoms with Crippen LogP contribution in [0.3, 0.4) is 0 Å². The Morgan fingerprint density at radius 3 is 0.974 bits per heavy atom. The molecule has 7 nitrogen and oxygen atoms in total. The van der Waals surface area contributed by atoms with E-state index < -0.39 is 35.3 Å². The molecule has 0 fully saturated rings. The molecule has 39 heavy (non-hydrogen) atoms. The van der Waals surface area contributed by atoms with Gasteiger partial charge in [-0.05, 0) is 12.8 Å². The lowest BCUT2D eigenvalue weighted by Crippen LogP contribution is -2.59. The Balaban J connectivity index is 4.75. The highest BCUT2D eigenvalue weighted by molar-refractivity contribution is 5.92. The van der Waals surface area contributed by atoms with Crippen LogP contribution in [0.4, 0.5) is 0 Å². The maximum absolute atomic E-state index is 12.5. The fraction of sp³-hybridized carbons (Fsp3) is 0.906. The van der Waals surface area contributed by atoms with Crippen molar-refractivity contribution in [2.75, 3.05) is 0 Å². The first-order valence-corrected chi connectivity index (χ1v) is 16.1. The smallest absolute Gasteiger partial charge is 0.337 e. The number of hydrogen-bond acceptors (Lipinski definition) is 4. The minimum absolute atomic E-state index is 0.0348. The van der Waals surface area contributed by atoms with Crippen molar-refractivity contribution in [2.45, 2.75) is 180 Å². The van der Waals surface area contributed by atoms with Crippen LogP contribution >= 0.6 is 0 Å². The van der Waals surface area contributed by atoms with Crippen LogP contribution in [0.5, 0.6) is 0 Å². The molecule has 0 aliphatic rings. The standard InChI is InChI=1S/C32H60O7/c1-3-5-7-9-11-13-14-15-16-17-18-20-22-24-26-31(29(35)36,32(39,30(37)38)27-28(33)34)25-23-21-19-12-10-8-6-4-2/h39H,3-27H2,1-2H3,(H,33,34)(H,35,36)(H,37,38). The monoisotopic (exact) mass is 556 g/mol. The van der Waals surface area contributed by atoms with Crippen molar-refractivity contribution in [1.29, 1.82) is 0 Å². The van der Waals surface area contributed by atoms with E-state index in [1.807, 2.05) is 0 Å². The first-order chi connectivity index (χ1) is 18.7. The zero-order chi connectivity index (χ0) is 29.4. The van der Waals surface area contributed by atoms with Gasteiger partial charge in [0.15, 0.2) is 5.60 Å². The van der Waals surface area contributed by atoms with E-state index in [4.69, 9.17) is 0 Å². The molecule has 0 aliphatic heterocycles. The number of carboxylic acid groups (broad SMARTS) is 3. The Morgan fingerprint density at radius 2 is 0.744 bits per heavy atom. The predicted molar refractivity (Wildman–Crippen MR) is 157 cm³/mol. The minimum atomic E-state index is -2.84. The summed E-state index contributed by atoms with van der Waals surface area (Å²) < 4.78 is 0. The van der Waals surface area contributed by atoms with Crippen molar-refractivity contribution in [3.63, 3.8) is 0 Å². The minimum Gasteiger partial charge on any atom is -0.481 e. The zero-order valence-electron chi connectivity index (χ0n) is 25.2. The first kappa shape index (κ1) is 37.4. The molecule has 0 saturated carbocycles. The molecule has 0 saturated heterocycles. The summed E-state index contributed by atoms with van der Waals surface area (Å²) in [6.45, 7) is 4.39. The van der Waals surface area contributed by atoms with Crippen molar-refractivity contribution in [3.8, 4) is 0 Å². The molecule has 0 amide bonds. The first-order valence-electron chi connectivity index (χ1n) is 16.1. The SMILES string of the molecule is CCCCCCCCCCCCCCCCC(CCCCCCCCCC)(C(=O)O)C(O)(CC(=O)O)C(=O)O. The molecule has 7 heteroatoms. The fourth-order valence-electron chi connectivity index (χ4n) is 5.78. The van der Waals surface area contributed by atoms with E-state index in [2.05, 4.69) is 13.8 Å². The Labute approximate surface area is 238 Å². The number of aliphatic hydroxyl groups is 1. The number of unbranched alkanes of at least 4 members (excludes halogenated alkanes) is 20. The lowest BCUT2D eigenvalue weighted by molar-refractivity contribution is -0.196. The summed E-state index contributed by atoms with van der Waals surface area (Å²) >= 11 is 0. The Hall–Kier alpha value is -1.63. The molecule has 0 rings (SSSR count). The van der Waals surface area contributed by atoms with E-state index in [-0.39, 0.29) is 12.8 Å². The molecule has 0 aromatic carbocycles. The van der Waals surface area contributed by atoms with Gasteiger partial charge in [-0.2, -0.15) is 0 Å². The van der Waals surface area contributed by atoms with Crippen LogP contribution in [0, 0.1) is 5.41 Å². The van der Waals surface area contributed by atoms with Gasteiger partial charge in [0.2, 0.25) is 0 Å². The molecule has 0 aromatic heterocycles. The van der Waals surface area contributed by atoms with Crippen LogP contribution < -0.4 is 0 Å². The summed E-state index contributed by atoms with van der Waals surface area (Å²) in [4.78, 5) is 36.1. The van der Waals surface area contributed by atoms with Crippen LogP contribution in [0.1, 0.15) is 174 Å². The summed E-state index contributed by atoms with van der Waals surface area (Å²) in [5, 5.41) is 40.5. The van der Waals surface area contributed by atoms with E-state index in [0.717, 1.165) is 57.8 Å². The molecule has 230 valence electrons. The molecule has 0 heterocycles. The number of aliphatic carboxylic acids is 3. The maximum Gasteiger partial charge on any atom is 0.337 e. The van der Waals surface area contributed by atoms with Gasteiger partial charge in [-0.25, -0.2) is 4.79 Å². The highest BCUT2D eigenvalue weighted by Gasteiger charge is 2.61. The average Bonchev–Trinajstić information content (AvgIpc) is 2.88. The lowest BCUT2D eigenvalue weighted by atomic mass is 9.64. The molecule has 2 unspecified atom stereocenters. The Bertz CT molecular complexity index is 650. The van der Waals surface area contributed by atoms with Crippen molar-refractivity contribution in [1.82, 2.24) is 0 Å². The van der Waals surface area contributed by atoms with E-state index >= 15 is 0 Å². The third kappa shape index (κ3) is 15.7. The topological polar surface area (TPSA) is 132 Å². The van der Waals surface area contributed by atoms with Crippen molar-refractivity contribution in [3.05, 3.63) is 0 Å². The molecule has 0 bridgehead atoms. The van der Waals surface area contributed by atoms with Gasteiger partial charge in [0.1, 0.15) is 5.41 Å². The Morgan fingerprint density at radius 1 is 0.462 bits per heavy atom. The van der Waals surface area contributed by atoms with Gasteiger partial charge < -0.3 is 20.4 Å². The van der Waals surface area contributed by atoms with E-state index in [0.29, 0.717) is 12.8 Å². The molecule has 4 N–H and O–H groups in total. The van der Waals surface area contributed by atoms with Crippen molar-refractivity contribution in [2.24, 2.45) is 5.41 Å². The van der Waals surface area contributed by atoms with E-state index in [1.165, 1.54) is 70.6 Å². The highest BCUT2D eigenvalue weighted by atomic mass is 16.4. The molecular formula is C32H60O7. The fourth-order valence-corrected chi connectivity index (χ4v) is 5.78. The number of rotatable bonds is 29. The van der Waals surface area contributed by atoms with E-state index in [9.17, 15) is 34.8 Å². The highest BCUT2D eigenvalue weighted by Crippen LogP contribution is 2.45. The van der Waals surface area contributed by atoms with Crippen molar-refractivity contribution >= 4 is 17.9 Å². The quantitative estimate of drug-likeness (QED) is 0.0677. The zero-order valence-corrected chi connectivity index (χ0v) is 25.2. The van der Waals surface area contributed by atoms with Gasteiger partial charge >= 0.3 is 17.9 Å². The second kappa shape index (κ2) is 23.1. The summed E-state index contributed by atoms with van der Waals surface area (Å²) in [6.07, 6.45) is 22.6.